The second kappa shape index (κ2) is 10.1. The molecule has 2 unspecified atom stereocenters. The van der Waals surface area contributed by atoms with E-state index in [0.29, 0.717) is 13.1 Å². The minimum Gasteiger partial charge on any atom is -0.497 e. The molecule has 25 heavy (non-hydrogen) atoms. The van der Waals surface area contributed by atoms with Crippen molar-refractivity contribution in [3.63, 3.8) is 0 Å². The largest absolute Gasteiger partial charge is 0.497 e. The molecule has 0 fully saturated rings. The van der Waals surface area contributed by atoms with E-state index in [0.717, 1.165) is 17.5 Å². The molecule has 0 radical (unpaired) electrons. The van der Waals surface area contributed by atoms with Gasteiger partial charge in [0, 0.05) is 20.7 Å². The highest BCUT2D eigenvalue weighted by Gasteiger charge is 2.24. The lowest BCUT2D eigenvalue weighted by molar-refractivity contribution is 0.0205. The van der Waals surface area contributed by atoms with Crippen LogP contribution in [-0.2, 0) is 4.74 Å². The Morgan fingerprint density at radius 1 is 1.04 bits per heavy atom. The van der Waals surface area contributed by atoms with E-state index in [1.807, 2.05) is 31.2 Å². The Balaban J connectivity index is 2.42. The van der Waals surface area contributed by atoms with Crippen molar-refractivity contribution in [1.82, 2.24) is 10.6 Å². The lowest BCUT2D eigenvalue weighted by atomic mass is 9.89. The predicted octanol–water partition coefficient (Wildman–Crippen LogP) is 2.69. The zero-order valence-corrected chi connectivity index (χ0v) is 16.6. The summed E-state index contributed by atoms with van der Waals surface area (Å²) in [5.74, 6) is 2.36. The monoisotopic (exact) mass is 351 g/mol. The molecule has 0 saturated heterocycles. The highest BCUT2D eigenvalue weighted by molar-refractivity contribution is 5.79. The van der Waals surface area contributed by atoms with Crippen molar-refractivity contribution < 1.29 is 14.2 Å². The van der Waals surface area contributed by atoms with Crippen molar-refractivity contribution >= 4 is 5.96 Å². The van der Waals surface area contributed by atoms with Gasteiger partial charge in [0.05, 0.1) is 19.8 Å². The van der Waals surface area contributed by atoms with Crippen LogP contribution < -0.4 is 20.1 Å². The molecule has 2 atom stereocenters. The van der Waals surface area contributed by atoms with E-state index in [4.69, 9.17) is 14.2 Å². The Kier molecular flexibility index (Phi) is 8.55. The number of ether oxygens (including phenoxy) is 3. The Labute approximate surface area is 152 Å². The van der Waals surface area contributed by atoms with Gasteiger partial charge in [0.1, 0.15) is 17.6 Å². The molecule has 0 amide bonds. The molecule has 2 N–H and O–H groups in total. The smallest absolute Gasteiger partial charge is 0.191 e. The number of nitrogens with one attached hydrogen (secondary N) is 2. The fourth-order valence-electron chi connectivity index (χ4n) is 2.32. The summed E-state index contributed by atoms with van der Waals surface area (Å²) >= 11 is 0. The van der Waals surface area contributed by atoms with Crippen LogP contribution >= 0.6 is 0 Å². The second-order valence-corrected chi connectivity index (χ2v) is 7.03. The third kappa shape index (κ3) is 7.65. The van der Waals surface area contributed by atoms with Crippen molar-refractivity contribution in [2.45, 2.75) is 39.9 Å². The lowest BCUT2D eigenvalue weighted by Gasteiger charge is -2.30. The van der Waals surface area contributed by atoms with Gasteiger partial charge >= 0.3 is 0 Å². The maximum absolute atomic E-state index is 5.88. The summed E-state index contributed by atoms with van der Waals surface area (Å²) in [6.45, 7) is 9.81. The van der Waals surface area contributed by atoms with Crippen LogP contribution in [0.5, 0.6) is 11.5 Å². The predicted molar refractivity (Wildman–Crippen MR) is 103 cm³/mol. The molecule has 1 rings (SSSR count). The first kappa shape index (κ1) is 21.1. The fourth-order valence-corrected chi connectivity index (χ4v) is 2.32. The van der Waals surface area contributed by atoms with E-state index in [1.165, 1.54) is 0 Å². The summed E-state index contributed by atoms with van der Waals surface area (Å²) in [5.41, 5.74) is 0.0609. The van der Waals surface area contributed by atoms with Gasteiger partial charge in [0.25, 0.3) is 0 Å². The van der Waals surface area contributed by atoms with Crippen LogP contribution in [0, 0.1) is 5.41 Å². The van der Waals surface area contributed by atoms with Gasteiger partial charge in [-0.1, -0.05) is 20.8 Å². The van der Waals surface area contributed by atoms with Crippen LogP contribution in [0.4, 0.5) is 0 Å². The molecule has 0 heterocycles. The summed E-state index contributed by atoms with van der Waals surface area (Å²) in [5, 5.41) is 6.58. The molecule has 142 valence electrons. The molecule has 0 saturated carbocycles. The van der Waals surface area contributed by atoms with Crippen molar-refractivity contribution in [3.8, 4) is 11.5 Å². The van der Waals surface area contributed by atoms with Gasteiger partial charge in [-0.25, -0.2) is 0 Å². The number of hydrogen-bond acceptors (Lipinski definition) is 4. The first-order valence-electron chi connectivity index (χ1n) is 8.58. The van der Waals surface area contributed by atoms with Crippen LogP contribution in [0.15, 0.2) is 29.3 Å². The maximum atomic E-state index is 5.88. The van der Waals surface area contributed by atoms with Crippen molar-refractivity contribution in [2.24, 2.45) is 10.4 Å². The zero-order valence-electron chi connectivity index (χ0n) is 16.6. The molecule has 0 aliphatic heterocycles. The molecular weight excluding hydrogens is 318 g/mol. The standard InChI is InChI=1S/C19H33N3O3/c1-14(25-16-10-8-15(23-6)9-11-16)12-21-18(20-5)22-13-17(24-7)19(2,3)4/h8-11,14,17H,12-13H2,1-7H3,(H2,20,21,22). The van der Waals surface area contributed by atoms with Gasteiger partial charge in [0.15, 0.2) is 5.96 Å². The van der Waals surface area contributed by atoms with Gasteiger partial charge in [-0.2, -0.15) is 0 Å². The van der Waals surface area contributed by atoms with Crippen molar-refractivity contribution in [3.05, 3.63) is 24.3 Å². The van der Waals surface area contributed by atoms with Gasteiger partial charge < -0.3 is 24.8 Å². The maximum Gasteiger partial charge on any atom is 0.191 e. The summed E-state index contributed by atoms with van der Waals surface area (Å²) < 4.78 is 16.6. The first-order chi connectivity index (χ1) is 11.8. The number of methoxy groups -OCH3 is 2. The molecule has 1 aromatic rings. The minimum absolute atomic E-state index is 0.00668. The molecule has 1 aromatic carbocycles. The Morgan fingerprint density at radius 3 is 2.08 bits per heavy atom. The van der Waals surface area contributed by atoms with Crippen molar-refractivity contribution in [2.75, 3.05) is 34.4 Å². The average molecular weight is 351 g/mol. The van der Waals surface area contributed by atoms with E-state index >= 15 is 0 Å². The van der Waals surface area contributed by atoms with Crippen LogP contribution in [0.3, 0.4) is 0 Å². The van der Waals surface area contributed by atoms with Crippen LogP contribution in [0.1, 0.15) is 27.7 Å². The summed E-state index contributed by atoms with van der Waals surface area (Å²) in [6.07, 6.45) is 0.0896. The third-order valence-electron chi connectivity index (χ3n) is 3.88. The SMILES string of the molecule is CN=C(NCC(C)Oc1ccc(OC)cc1)NCC(OC)C(C)(C)C. The molecule has 0 aromatic heterocycles. The van der Waals surface area contributed by atoms with Gasteiger partial charge in [0.2, 0.25) is 0 Å². The highest BCUT2D eigenvalue weighted by Crippen LogP contribution is 2.21. The molecule has 0 aliphatic carbocycles. The quantitative estimate of drug-likeness (QED) is 0.557. The number of nitrogens with zero attached hydrogens (tertiary/aromatic N) is 1. The Morgan fingerprint density at radius 2 is 1.60 bits per heavy atom. The Hall–Kier alpha value is -1.95. The van der Waals surface area contributed by atoms with Crippen molar-refractivity contribution in [1.29, 1.82) is 0 Å². The second-order valence-electron chi connectivity index (χ2n) is 7.03. The fraction of sp³-hybridized carbons (Fsp3) is 0.632. The number of hydrogen-bond donors (Lipinski definition) is 2. The number of benzene rings is 1. The first-order valence-corrected chi connectivity index (χ1v) is 8.58. The van der Waals surface area contributed by atoms with Gasteiger partial charge in [-0.05, 0) is 36.6 Å². The average Bonchev–Trinajstić information content (AvgIpc) is 2.57. The highest BCUT2D eigenvalue weighted by atomic mass is 16.5. The molecule has 6 heteroatoms. The van der Waals surface area contributed by atoms with E-state index in [9.17, 15) is 0 Å². The topological polar surface area (TPSA) is 64.1 Å². The normalized spacial score (nSPS) is 14.6. The summed E-state index contributed by atoms with van der Waals surface area (Å²) in [6, 6.07) is 7.56. The number of aliphatic imine (C=N–C) groups is 1. The van der Waals surface area contributed by atoms with E-state index in [2.05, 4.69) is 36.4 Å². The van der Waals surface area contributed by atoms with Gasteiger partial charge in [-0.3, -0.25) is 4.99 Å². The molecule has 0 aliphatic rings. The van der Waals surface area contributed by atoms with Crippen LogP contribution in [0.2, 0.25) is 0 Å². The third-order valence-corrected chi connectivity index (χ3v) is 3.88. The minimum atomic E-state index is -0.00668. The molecule has 0 spiro atoms. The summed E-state index contributed by atoms with van der Waals surface area (Å²) in [4.78, 5) is 4.24. The van der Waals surface area contributed by atoms with Crippen LogP contribution in [0.25, 0.3) is 0 Å². The van der Waals surface area contributed by atoms with E-state index < -0.39 is 0 Å². The number of rotatable bonds is 8. The molecule has 0 bridgehead atoms. The summed E-state index contributed by atoms with van der Waals surface area (Å²) in [7, 11) is 5.14. The van der Waals surface area contributed by atoms with E-state index in [-0.39, 0.29) is 17.6 Å². The zero-order chi connectivity index (χ0) is 18.9. The number of guanidine groups is 1. The van der Waals surface area contributed by atoms with E-state index in [1.54, 1.807) is 21.3 Å². The van der Waals surface area contributed by atoms with Crippen LogP contribution in [-0.4, -0.2) is 52.5 Å². The Bertz CT molecular complexity index is 524. The van der Waals surface area contributed by atoms with Gasteiger partial charge in [-0.15, -0.1) is 0 Å². The molecular formula is C19H33N3O3. The molecule has 6 nitrogen and oxygen atoms in total. The lowest BCUT2D eigenvalue weighted by Crippen LogP contribution is -2.47.